The Morgan fingerprint density at radius 3 is 2.81 bits per heavy atom. The highest BCUT2D eigenvalue weighted by atomic mass is 16.7. The molecule has 0 radical (unpaired) electrons. The van der Waals surface area contributed by atoms with Crippen LogP contribution in [0.5, 0.6) is 11.5 Å². The first kappa shape index (κ1) is 14.0. The van der Waals surface area contributed by atoms with E-state index in [1.807, 2.05) is 6.07 Å². The van der Waals surface area contributed by atoms with Crippen molar-refractivity contribution >= 4 is 11.7 Å². The molecule has 5 heteroatoms. The van der Waals surface area contributed by atoms with Crippen LogP contribution in [0.4, 0.5) is 10.5 Å². The number of ether oxygens (including phenoxy) is 2. The predicted molar refractivity (Wildman–Crippen MR) is 80.8 cm³/mol. The van der Waals surface area contributed by atoms with Crippen molar-refractivity contribution in [1.82, 2.24) is 5.32 Å². The number of urea groups is 1. The second-order valence-corrected chi connectivity index (χ2v) is 5.74. The minimum atomic E-state index is -0.162. The molecule has 0 saturated heterocycles. The molecule has 1 aromatic carbocycles. The summed E-state index contributed by atoms with van der Waals surface area (Å²) in [5, 5.41) is 5.75. The number of hydrogen-bond acceptors (Lipinski definition) is 3. The van der Waals surface area contributed by atoms with E-state index in [1.165, 1.54) is 32.1 Å². The van der Waals surface area contributed by atoms with Crippen LogP contribution in [-0.2, 0) is 0 Å². The topological polar surface area (TPSA) is 59.6 Å². The molecule has 1 heterocycles. The van der Waals surface area contributed by atoms with E-state index in [4.69, 9.17) is 9.47 Å². The largest absolute Gasteiger partial charge is 0.454 e. The van der Waals surface area contributed by atoms with Crippen LogP contribution >= 0.6 is 0 Å². The lowest BCUT2D eigenvalue weighted by Crippen LogP contribution is -2.30. The first-order chi connectivity index (χ1) is 10.3. The molecule has 0 aromatic heterocycles. The molecule has 3 rings (SSSR count). The fraction of sp³-hybridized carbons (Fsp3) is 0.562. The molecule has 5 nitrogen and oxygen atoms in total. The van der Waals surface area contributed by atoms with Gasteiger partial charge in [-0.15, -0.1) is 0 Å². The van der Waals surface area contributed by atoms with Crippen molar-refractivity contribution in [3.05, 3.63) is 18.2 Å². The third kappa shape index (κ3) is 3.80. The van der Waals surface area contributed by atoms with Gasteiger partial charge in [0.2, 0.25) is 6.79 Å². The van der Waals surface area contributed by atoms with Gasteiger partial charge in [0.05, 0.1) is 0 Å². The number of amides is 2. The highest BCUT2D eigenvalue weighted by Crippen LogP contribution is 2.34. The number of hydrogen-bond donors (Lipinski definition) is 2. The zero-order valence-corrected chi connectivity index (χ0v) is 12.2. The summed E-state index contributed by atoms with van der Waals surface area (Å²) in [4.78, 5) is 11.9. The van der Waals surface area contributed by atoms with Crippen LogP contribution in [0.25, 0.3) is 0 Å². The predicted octanol–water partition coefficient (Wildman–Crippen LogP) is 3.51. The van der Waals surface area contributed by atoms with Crippen LogP contribution < -0.4 is 20.1 Å². The maximum Gasteiger partial charge on any atom is 0.319 e. The van der Waals surface area contributed by atoms with Crippen molar-refractivity contribution in [1.29, 1.82) is 0 Å². The second-order valence-electron chi connectivity index (χ2n) is 5.74. The number of carbonyl (C=O) groups excluding carboxylic acids is 1. The Hall–Kier alpha value is -1.91. The van der Waals surface area contributed by atoms with Gasteiger partial charge in [-0.3, -0.25) is 0 Å². The first-order valence-corrected chi connectivity index (χ1v) is 7.76. The van der Waals surface area contributed by atoms with E-state index in [9.17, 15) is 4.79 Å². The summed E-state index contributed by atoms with van der Waals surface area (Å²) in [5.74, 6) is 2.18. The summed E-state index contributed by atoms with van der Waals surface area (Å²) >= 11 is 0. The number of fused-ring (bicyclic) bond motifs is 1. The zero-order chi connectivity index (χ0) is 14.5. The van der Waals surface area contributed by atoms with E-state index >= 15 is 0 Å². The van der Waals surface area contributed by atoms with Crippen LogP contribution in [0.3, 0.4) is 0 Å². The number of anilines is 1. The smallest absolute Gasteiger partial charge is 0.319 e. The Kier molecular flexibility index (Phi) is 4.48. The molecule has 2 N–H and O–H groups in total. The summed E-state index contributed by atoms with van der Waals surface area (Å²) < 4.78 is 10.5. The maximum atomic E-state index is 11.9. The van der Waals surface area contributed by atoms with Crippen LogP contribution in [0, 0.1) is 5.92 Å². The first-order valence-electron chi connectivity index (χ1n) is 7.76. The quantitative estimate of drug-likeness (QED) is 0.892. The minimum Gasteiger partial charge on any atom is -0.454 e. The molecule has 0 atom stereocenters. The van der Waals surface area contributed by atoms with Crippen molar-refractivity contribution in [3.63, 3.8) is 0 Å². The fourth-order valence-corrected chi connectivity index (χ4v) is 3.02. The molecular weight excluding hydrogens is 268 g/mol. The number of carbonyl (C=O) groups is 1. The van der Waals surface area contributed by atoms with E-state index in [-0.39, 0.29) is 12.8 Å². The normalized spacial score (nSPS) is 17.5. The molecular formula is C16H22N2O3. The lowest BCUT2D eigenvalue weighted by atomic mass is 9.87. The molecule has 2 aliphatic rings. The van der Waals surface area contributed by atoms with E-state index in [0.717, 1.165) is 30.3 Å². The van der Waals surface area contributed by atoms with Gasteiger partial charge in [0.25, 0.3) is 0 Å². The second kappa shape index (κ2) is 6.70. The Labute approximate surface area is 125 Å². The molecule has 1 aliphatic carbocycles. The standard InChI is InChI=1S/C16H22N2O3/c19-16(17-9-8-12-4-2-1-3-5-12)18-13-6-7-14-15(10-13)21-11-20-14/h6-7,10,12H,1-5,8-9,11H2,(H2,17,18,19). The average Bonchev–Trinajstić information content (AvgIpc) is 2.96. The van der Waals surface area contributed by atoms with E-state index in [0.29, 0.717) is 5.75 Å². The van der Waals surface area contributed by atoms with Gasteiger partial charge in [0.1, 0.15) is 0 Å². The van der Waals surface area contributed by atoms with Crippen LogP contribution in [0.15, 0.2) is 18.2 Å². The SMILES string of the molecule is O=C(NCCC1CCCCC1)Nc1ccc2c(c1)OCO2. The fourth-order valence-electron chi connectivity index (χ4n) is 3.02. The molecule has 0 spiro atoms. The number of rotatable bonds is 4. The molecule has 0 bridgehead atoms. The summed E-state index contributed by atoms with van der Waals surface area (Å²) in [5.41, 5.74) is 0.717. The summed E-state index contributed by atoms with van der Waals surface area (Å²) in [6.45, 7) is 0.980. The van der Waals surface area contributed by atoms with E-state index in [1.54, 1.807) is 12.1 Å². The molecule has 1 saturated carbocycles. The Morgan fingerprint density at radius 1 is 1.14 bits per heavy atom. The summed E-state index contributed by atoms with van der Waals surface area (Å²) in [6, 6.07) is 5.24. The Bertz CT molecular complexity index is 498. The number of benzene rings is 1. The van der Waals surface area contributed by atoms with Gasteiger partial charge < -0.3 is 20.1 Å². The van der Waals surface area contributed by atoms with E-state index < -0.39 is 0 Å². The van der Waals surface area contributed by atoms with Crippen LogP contribution in [0.2, 0.25) is 0 Å². The van der Waals surface area contributed by atoms with Crippen molar-refractivity contribution in [3.8, 4) is 11.5 Å². The van der Waals surface area contributed by atoms with Gasteiger partial charge in [-0.25, -0.2) is 4.79 Å². The molecule has 1 aromatic rings. The average molecular weight is 290 g/mol. The third-order valence-electron chi connectivity index (χ3n) is 4.19. The minimum absolute atomic E-state index is 0.162. The molecule has 2 amide bonds. The van der Waals surface area contributed by atoms with Gasteiger partial charge in [0.15, 0.2) is 11.5 Å². The van der Waals surface area contributed by atoms with Gasteiger partial charge in [0, 0.05) is 18.3 Å². The van der Waals surface area contributed by atoms with E-state index in [2.05, 4.69) is 10.6 Å². The van der Waals surface area contributed by atoms with Crippen molar-refractivity contribution in [2.75, 3.05) is 18.7 Å². The van der Waals surface area contributed by atoms with Gasteiger partial charge in [-0.2, -0.15) is 0 Å². The highest BCUT2D eigenvalue weighted by molar-refractivity contribution is 5.89. The molecule has 1 fully saturated rings. The molecule has 0 unspecified atom stereocenters. The molecule has 1 aliphatic heterocycles. The highest BCUT2D eigenvalue weighted by Gasteiger charge is 2.15. The number of nitrogens with one attached hydrogen (secondary N) is 2. The Balaban J connectivity index is 1.41. The lowest BCUT2D eigenvalue weighted by Gasteiger charge is -2.21. The molecule has 21 heavy (non-hydrogen) atoms. The lowest BCUT2D eigenvalue weighted by molar-refractivity contribution is 0.174. The molecule has 114 valence electrons. The van der Waals surface area contributed by atoms with Crippen LogP contribution in [0.1, 0.15) is 38.5 Å². The third-order valence-corrected chi connectivity index (χ3v) is 4.19. The van der Waals surface area contributed by atoms with Crippen LogP contribution in [-0.4, -0.2) is 19.4 Å². The monoisotopic (exact) mass is 290 g/mol. The van der Waals surface area contributed by atoms with Gasteiger partial charge >= 0.3 is 6.03 Å². The van der Waals surface area contributed by atoms with Crippen molar-refractivity contribution in [2.45, 2.75) is 38.5 Å². The van der Waals surface area contributed by atoms with Crippen molar-refractivity contribution in [2.24, 2.45) is 5.92 Å². The van der Waals surface area contributed by atoms with Crippen molar-refractivity contribution < 1.29 is 14.3 Å². The summed E-state index contributed by atoms with van der Waals surface area (Å²) in [7, 11) is 0. The van der Waals surface area contributed by atoms with Gasteiger partial charge in [-0.05, 0) is 24.5 Å². The zero-order valence-electron chi connectivity index (χ0n) is 12.2. The maximum absolute atomic E-state index is 11.9. The van der Waals surface area contributed by atoms with Gasteiger partial charge in [-0.1, -0.05) is 32.1 Å². The Morgan fingerprint density at radius 2 is 1.95 bits per heavy atom. The summed E-state index contributed by atoms with van der Waals surface area (Å²) in [6.07, 6.45) is 7.75.